The molecule has 1 heterocycles. The number of hydrogen-bond donors (Lipinski definition) is 0. The van der Waals surface area contributed by atoms with Crippen LogP contribution in [0, 0.1) is 0 Å². The molecule has 2 rings (SSSR count). The van der Waals surface area contributed by atoms with Gasteiger partial charge in [-0.05, 0) is 51.0 Å². The van der Waals surface area contributed by atoms with Gasteiger partial charge in [0.2, 0.25) is 0 Å². The monoisotopic (exact) mass is 297 g/mol. The van der Waals surface area contributed by atoms with Crippen LogP contribution in [-0.2, 0) is 10.8 Å². The second-order valence-electron chi connectivity index (χ2n) is 4.67. The molecule has 0 radical (unpaired) electrons. The number of likely N-dealkylation sites (tertiary alicyclic amines) is 1. The maximum atomic E-state index is 10.8. The van der Waals surface area contributed by atoms with Crippen LogP contribution in [0.25, 0.3) is 0 Å². The summed E-state index contributed by atoms with van der Waals surface area (Å²) in [5.41, 5.74) is 0. The minimum absolute atomic E-state index is 0.829. The minimum atomic E-state index is -0.829. The fourth-order valence-electron chi connectivity index (χ4n) is 2.11. The largest absolute Gasteiger partial charge is 0.303 e. The van der Waals surface area contributed by atoms with Crippen LogP contribution in [0.1, 0.15) is 46.5 Å². The Morgan fingerprint density at radius 3 is 2.00 bits per heavy atom. The van der Waals surface area contributed by atoms with E-state index in [0.717, 1.165) is 4.90 Å². The Kier molecular flexibility index (Phi) is 12.9. The van der Waals surface area contributed by atoms with E-state index in [-0.39, 0.29) is 0 Å². The zero-order valence-corrected chi connectivity index (χ0v) is 14.4. The standard InChI is InChI=1S/C8H17N.C7H8OS.C2H6/c1-2-6-9-7-4-3-5-8-9;1-9(8)7-5-3-2-4-6-7;1-2/h2-8H2,1H3;2-6H,1H3;1-2H3. The third-order valence-electron chi connectivity index (χ3n) is 3.06. The number of nitrogens with zero attached hydrogens (tertiary/aromatic N) is 1. The predicted octanol–water partition coefficient (Wildman–Crippen LogP) is 4.33. The van der Waals surface area contributed by atoms with Crippen LogP contribution in [-0.4, -0.2) is 35.0 Å². The fourth-order valence-corrected chi connectivity index (χ4v) is 2.65. The number of piperidine rings is 1. The third kappa shape index (κ3) is 9.27. The molecular formula is C17H31NOS. The minimum Gasteiger partial charge on any atom is -0.303 e. The zero-order valence-electron chi connectivity index (χ0n) is 13.6. The lowest BCUT2D eigenvalue weighted by molar-refractivity contribution is 0.229. The first-order valence-corrected chi connectivity index (χ1v) is 9.40. The lowest BCUT2D eigenvalue weighted by atomic mass is 10.1. The van der Waals surface area contributed by atoms with E-state index >= 15 is 0 Å². The summed E-state index contributed by atoms with van der Waals surface area (Å²) in [7, 11) is -0.829. The Labute approximate surface area is 128 Å². The van der Waals surface area contributed by atoms with Gasteiger partial charge in [-0.2, -0.15) is 0 Å². The summed E-state index contributed by atoms with van der Waals surface area (Å²) in [5, 5.41) is 0. The van der Waals surface area contributed by atoms with Crippen molar-refractivity contribution in [3.8, 4) is 0 Å². The molecule has 2 nitrogen and oxygen atoms in total. The van der Waals surface area contributed by atoms with Crippen LogP contribution in [0.2, 0.25) is 0 Å². The number of benzene rings is 1. The van der Waals surface area contributed by atoms with Crippen molar-refractivity contribution in [2.75, 3.05) is 25.9 Å². The molecule has 1 fully saturated rings. The van der Waals surface area contributed by atoms with E-state index in [1.165, 1.54) is 45.3 Å². The first kappa shape index (κ1) is 19.3. The molecule has 3 heteroatoms. The normalized spacial score (nSPS) is 16.2. The highest BCUT2D eigenvalue weighted by atomic mass is 32.2. The van der Waals surface area contributed by atoms with E-state index in [1.807, 2.05) is 44.2 Å². The molecule has 1 unspecified atom stereocenters. The highest BCUT2D eigenvalue weighted by Gasteiger charge is 2.07. The molecule has 1 aliphatic rings. The molecule has 0 N–H and O–H groups in total. The van der Waals surface area contributed by atoms with Gasteiger partial charge >= 0.3 is 0 Å². The van der Waals surface area contributed by atoms with Crippen LogP contribution in [0.4, 0.5) is 0 Å². The summed E-state index contributed by atoms with van der Waals surface area (Å²) in [6.45, 7) is 10.3. The SMILES string of the molecule is CC.CCCN1CCCCC1.CS(=O)c1ccccc1. The molecule has 0 aromatic heterocycles. The molecule has 116 valence electrons. The van der Waals surface area contributed by atoms with Crippen molar-refractivity contribution in [1.29, 1.82) is 0 Å². The van der Waals surface area contributed by atoms with Gasteiger partial charge in [-0.25, -0.2) is 0 Å². The molecule has 1 atom stereocenters. The summed E-state index contributed by atoms with van der Waals surface area (Å²) in [5.74, 6) is 0. The van der Waals surface area contributed by atoms with E-state index in [0.29, 0.717) is 0 Å². The predicted molar refractivity (Wildman–Crippen MR) is 90.7 cm³/mol. The molecule has 1 saturated heterocycles. The molecule has 0 aliphatic carbocycles. The molecule has 0 amide bonds. The molecular weight excluding hydrogens is 266 g/mol. The Balaban J connectivity index is 0.000000321. The smallest absolute Gasteiger partial charge is 0.0498 e. The maximum absolute atomic E-state index is 10.8. The van der Waals surface area contributed by atoms with Crippen molar-refractivity contribution in [3.05, 3.63) is 30.3 Å². The first-order valence-electron chi connectivity index (χ1n) is 7.85. The Bertz CT molecular complexity index is 331. The second-order valence-corrected chi connectivity index (χ2v) is 6.05. The molecule has 0 bridgehead atoms. The lowest BCUT2D eigenvalue weighted by Gasteiger charge is -2.25. The van der Waals surface area contributed by atoms with Crippen LogP contribution < -0.4 is 0 Å². The first-order chi connectivity index (χ1) is 9.74. The van der Waals surface area contributed by atoms with Crippen molar-refractivity contribution in [1.82, 2.24) is 4.90 Å². The van der Waals surface area contributed by atoms with Crippen molar-refractivity contribution < 1.29 is 4.21 Å². The Hall–Kier alpha value is -0.670. The van der Waals surface area contributed by atoms with Crippen molar-refractivity contribution >= 4 is 10.8 Å². The summed E-state index contributed by atoms with van der Waals surface area (Å²) in [4.78, 5) is 3.46. The van der Waals surface area contributed by atoms with Crippen LogP contribution in [0.5, 0.6) is 0 Å². The van der Waals surface area contributed by atoms with Gasteiger partial charge in [0.1, 0.15) is 0 Å². The van der Waals surface area contributed by atoms with Gasteiger partial charge in [0.05, 0.1) is 0 Å². The number of rotatable bonds is 3. The van der Waals surface area contributed by atoms with E-state index in [4.69, 9.17) is 0 Å². The van der Waals surface area contributed by atoms with Crippen LogP contribution in [0.15, 0.2) is 35.2 Å². The van der Waals surface area contributed by atoms with Crippen molar-refractivity contribution in [3.63, 3.8) is 0 Å². The zero-order chi connectivity index (χ0) is 15.2. The van der Waals surface area contributed by atoms with Gasteiger partial charge in [-0.3, -0.25) is 4.21 Å². The average Bonchev–Trinajstić information content (AvgIpc) is 2.52. The van der Waals surface area contributed by atoms with Gasteiger partial charge in [-0.1, -0.05) is 45.4 Å². The van der Waals surface area contributed by atoms with Gasteiger partial charge in [0.15, 0.2) is 0 Å². The summed E-state index contributed by atoms with van der Waals surface area (Å²) < 4.78 is 10.8. The van der Waals surface area contributed by atoms with E-state index in [1.54, 1.807) is 6.26 Å². The third-order valence-corrected chi connectivity index (χ3v) is 4.00. The van der Waals surface area contributed by atoms with Crippen LogP contribution >= 0.6 is 0 Å². The van der Waals surface area contributed by atoms with E-state index in [9.17, 15) is 4.21 Å². The van der Waals surface area contributed by atoms with Gasteiger partial charge < -0.3 is 4.90 Å². The van der Waals surface area contributed by atoms with Crippen LogP contribution in [0.3, 0.4) is 0 Å². The maximum Gasteiger partial charge on any atom is 0.0498 e. The van der Waals surface area contributed by atoms with Gasteiger partial charge in [-0.15, -0.1) is 0 Å². The molecule has 1 aromatic rings. The van der Waals surface area contributed by atoms with Crippen molar-refractivity contribution in [2.45, 2.75) is 51.3 Å². The summed E-state index contributed by atoms with van der Waals surface area (Å²) >= 11 is 0. The number of hydrogen-bond acceptors (Lipinski definition) is 2. The fraction of sp³-hybridized carbons (Fsp3) is 0.647. The second kappa shape index (κ2) is 13.3. The van der Waals surface area contributed by atoms with Gasteiger partial charge in [0, 0.05) is 22.0 Å². The molecule has 0 spiro atoms. The van der Waals surface area contributed by atoms with E-state index < -0.39 is 10.8 Å². The van der Waals surface area contributed by atoms with E-state index in [2.05, 4.69) is 11.8 Å². The molecule has 1 aromatic carbocycles. The topological polar surface area (TPSA) is 20.3 Å². The molecule has 20 heavy (non-hydrogen) atoms. The molecule has 1 aliphatic heterocycles. The quantitative estimate of drug-likeness (QED) is 0.827. The summed E-state index contributed by atoms with van der Waals surface area (Å²) in [6, 6.07) is 9.40. The highest BCUT2D eigenvalue weighted by molar-refractivity contribution is 7.84. The highest BCUT2D eigenvalue weighted by Crippen LogP contribution is 2.08. The van der Waals surface area contributed by atoms with Gasteiger partial charge in [0.25, 0.3) is 0 Å². The Morgan fingerprint density at radius 1 is 1.05 bits per heavy atom. The summed E-state index contributed by atoms with van der Waals surface area (Å²) in [6.07, 6.45) is 7.32. The lowest BCUT2D eigenvalue weighted by Crippen LogP contribution is -2.30. The van der Waals surface area contributed by atoms with Crippen molar-refractivity contribution in [2.24, 2.45) is 0 Å². The Morgan fingerprint density at radius 2 is 1.60 bits per heavy atom. The molecule has 0 saturated carbocycles. The average molecular weight is 298 g/mol.